The molecule has 3 N–H and O–H groups in total. The fraction of sp³-hybridized carbons (Fsp3) is 0.700. The third-order valence-corrected chi connectivity index (χ3v) is 1.97. The van der Waals surface area contributed by atoms with Crippen molar-refractivity contribution >= 4 is 17.8 Å². The molecule has 1 atom stereocenters. The summed E-state index contributed by atoms with van der Waals surface area (Å²) < 4.78 is 0. The lowest BCUT2D eigenvalue weighted by Gasteiger charge is -2.12. The summed E-state index contributed by atoms with van der Waals surface area (Å²) in [6.07, 6.45) is 1.70. The van der Waals surface area contributed by atoms with Crippen LogP contribution in [0.15, 0.2) is 0 Å². The van der Waals surface area contributed by atoms with Crippen LogP contribution in [0.4, 0.5) is 0 Å². The van der Waals surface area contributed by atoms with E-state index in [1.165, 1.54) is 13.8 Å². The van der Waals surface area contributed by atoms with Gasteiger partial charge in [-0.25, -0.2) is 4.79 Å². The van der Waals surface area contributed by atoms with Crippen molar-refractivity contribution < 1.29 is 19.5 Å². The lowest BCUT2D eigenvalue weighted by Crippen LogP contribution is -2.39. The van der Waals surface area contributed by atoms with Crippen LogP contribution >= 0.6 is 0 Å². The fourth-order valence-corrected chi connectivity index (χ4v) is 1.24. The van der Waals surface area contributed by atoms with Crippen molar-refractivity contribution in [2.75, 3.05) is 6.54 Å². The summed E-state index contributed by atoms with van der Waals surface area (Å²) in [4.78, 5) is 32.0. The standard InChI is InChI=1S/C10H18N2O4/c1-7(13)11-6-4-3-5-9(10(15)16)12-8(2)14/h9H,3-6H2,1-2H3,(H,11,13)(H,12,14)(H,15,16)/t9-/m0/s1. The zero-order chi connectivity index (χ0) is 12.6. The molecule has 0 bridgehead atoms. The molecule has 0 aliphatic carbocycles. The van der Waals surface area contributed by atoms with Gasteiger partial charge in [-0.3, -0.25) is 9.59 Å². The monoisotopic (exact) mass is 230 g/mol. The van der Waals surface area contributed by atoms with Gasteiger partial charge in [-0.2, -0.15) is 0 Å². The van der Waals surface area contributed by atoms with Crippen molar-refractivity contribution in [1.29, 1.82) is 0 Å². The highest BCUT2D eigenvalue weighted by Crippen LogP contribution is 2.01. The minimum absolute atomic E-state index is 0.100. The summed E-state index contributed by atoms with van der Waals surface area (Å²) in [5.41, 5.74) is 0. The Kier molecular flexibility index (Phi) is 6.91. The maximum absolute atomic E-state index is 10.7. The Hall–Kier alpha value is -1.59. The van der Waals surface area contributed by atoms with Crippen LogP contribution in [0.5, 0.6) is 0 Å². The molecule has 0 radical (unpaired) electrons. The molecule has 6 heteroatoms. The van der Waals surface area contributed by atoms with E-state index in [0.29, 0.717) is 25.8 Å². The molecule has 0 saturated carbocycles. The summed E-state index contributed by atoms with van der Waals surface area (Å²) in [5, 5.41) is 13.8. The highest BCUT2D eigenvalue weighted by atomic mass is 16.4. The van der Waals surface area contributed by atoms with Crippen molar-refractivity contribution in [2.45, 2.75) is 39.2 Å². The minimum atomic E-state index is -1.03. The molecule has 0 heterocycles. The zero-order valence-corrected chi connectivity index (χ0v) is 9.58. The number of aliphatic carboxylic acids is 1. The summed E-state index contributed by atoms with van der Waals surface area (Å²) in [5.74, 6) is -1.49. The predicted octanol–water partition coefficient (Wildman–Crippen LogP) is -0.118. The lowest BCUT2D eigenvalue weighted by molar-refractivity contribution is -0.141. The molecule has 16 heavy (non-hydrogen) atoms. The van der Waals surface area contributed by atoms with Crippen molar-refractivity contribution in [2.24, 2.45) is 0 Å². The van der Waals surface area contributed by atoms with Gasteiger partial charge in [0.1, 0.15) is 6.04 Å². The molecule has 92 valence electrons. The summed E-state index contributed by atoms with van der Waals surface area (Å²) in [6, 6.07) is -0.838. The third-order valence-electron chi connectivity index (χ3n) is 1.97. The molecule has 0 aromatic rings. The van der Waals surface area contributed by atoms with Crippen LogP contribution in [0, 0.1) is 0 Å². The molecule has 0 unspecified atom stereocenters. The second-order valence-corrected chi connectivity index (χ2v) is 3.57. The molecule has 2 amide bonds. The first-order valence-electron chi connectivity index (χ1n) is 5.18. The zero-order valence-electron chi connectivity index (χ0n) is 9.58. The number of nitrogens with one attached hydrogen (secondary N) is 2. The molecular weight excluding hydrogens is 212 g/mol. The van der Waals surface area contributed by atoms with Gasteiger partial charge in [0.2, 0.25) is 11.8 Å². The van der Waals surface area contributed by atoms with E-state index in [2.05, 4.69) is 10.6 Å². The number of carbonyl (C=O) groups is 3. The quantitative estimate of drug-likeness (QED) is 0.531. The Labute approximate surface area is 94.4 Å². The number of hydrogen-bond donors (Lipinski definition) is 3. The number of unbranched alkanes of at least 4 members (excludes halogenated alkanes) is 1. The van der Waals surface area contributed by atoms with Gasteiger partial charge in [-0.1, -0.05) is 0 Å². The van der Waals surface area contributed by atoms with Gasteiger partial charge >= 0.3 is 5.97 Å². The van der Waals surface area contributed by atoms with Crippen molar-refractivity contribution in [3.63, 3.8) is 0 Å². The van der Waals surface area contributed by atoms with Crippen LogP contribution < -0.4 is 10.6 Å². The van der Waals surface area contributed by atoms with E-state index < -0.39 is 12.0 Å². The predicted molar refractivity (Wildman–Crippen MR) is 57.8 cm³/mol. The first-order chi connectivity index (χ1) is 7.43. The van der Waals surface area contributed by atoms with Crippen molar-refractivity contribution in [3.05, 3.63) is 0 Å². The van der Waals surface area contributed by atoms with Gasteiger partial charge in [-0.05, 0) is 19.3 Å². The molecule has 0 aromatic carbocycles. The van der Waals surface area contributed by atoms with E-state index in [9.17, 15) is 14.4 Å². The molecule has 0 aromatic heterocycles. The Bertz CT molecular complexity index is 266. The summed E-state index contributed by atoms with van der Waals surface area (Å²) in [7, 11) is 0. The third kappa shape index (κ3) is 7.78. The van der Waals surface area contributed by atoms with Crippen LogP contribution in [0.1, 0.15) is 33.1 Å². The number of carboxylic acid groups (broad SMARTS) is 1. The maximum atomic E-state index is 10.7. The largest absolute Gasteiger partial charge is 0.480 e. The molecule has 0 rings (SSSR count). The second-order valence-electron chi connectivity index (χ2n) is 3.57. The van der Waals surface area contributed by atoms with Gasteiger partial charge in [0.15, 0.2) is 0 Å². The van der Waals surface area contributed by atoms with Gasteiger partial charge in [-0.15, -0.1) is 0 Å². The molecule has 0 spiro atoms. The van der Waals surface area contributed by atoms with Crippen molar-refractivity contribution in [3.8, 4) is 0 Å². The van der Waals surface area contributed by atoms with Gasteiger partial charge < -0.3 is 15.7 Å². The van der Waals surface area contributed by atoms with E-state index in [4.69, 9.17) is 5.11 Å². The topological polar surface area (TPSA) is 95.5 Å². The normalized spacial score (nSPS) is 11.6. The van der Waals surface area contributed by atoms with E-state index in [-0.39, 0.29) is 11.8 Å². The number of amides is 2. The number of carbonyl (C=O) groups excluding carboxylic acids is 2. The molecule has 0 fully saturated rings. The molecule has 0 saturated heterocycles. The van der Waals surface area contributed by atoms with E-state index in [1.54, 1.807) is 0 Å². The summed E-state index contributed by atoms with van der Waals surface area (Å²) in [6.45, 7) is 3.24. The van der Waals surface area contributed by atoms with Crippen LogP contribution in [-0.2, 0) is 14.4 Å². The van der Waals surface area contributed by atoms with E-state index in [1.807, 2.05) is 0 Å². The van der Waals surface area contributed by atoms with Gasteiger partial charge in [0, 0.05) is 20.4 Å². The van der Waals surface area contributed by atoms with Gasteiger partial charge in [0.25, 0.3) is 0 Å². The molecular formula is C10H18N2O4. The van der Waals surface area contributed by atoms with Crippen molar-refractivity contribution in [1.82, 2.24) is 10.6 Å². The van der Waals surface area contributed by atoms with Crippen LogP contribution in [0.3, 0.4) is 0 Å². The minimum Gasteiger partial charge on any atom is -0.480 e. The fourth-order valence-electron chi connectivity index (χ4n) is 1.24. The molecule has 0 aliphatic heterocycles. The van der Waals surface area contributed by atoms with E-state index in [0.717, 1.165) is 0 Å². The van der Waals surface area contributed by atoms with Gasteiger partial charge in [0.05, 0.1) is 0 Å². The lowest BCUT2D eigenvalue weighted by atomic mass is 10.1. The highest BCUT2D eigenvalue weighted by molar-refractivity contribution is 5.81. The smallest absolute Gasteiger partial charge is 0.326 e. The summed E-state index contributed by atoms with van der Waals surface area (Å²) >= 11 is 0. The Morgan fingerprint density at radius 1 is 1.12 bits per heavy atom. The average Bonchev–Trinajstić information content (AvgIpc) is 2.14. The SMILES string of the molecule is CC(=O)NCCCC[C@H](NC(C)=O)C(=O)O. The Morgan fingerprint density at radius 2 is 1.75 bits per heavy atom. The first-order valence-corrected chi connectivity index (χ1v) is 5.18. The number of hydrogen-bond acceptors (Lipinski definition) is 3. The molecule has 0 aliphatic rings. The Morgan fingerprint density at radius 3 is 2.19 bits per heavy atom. The highest BCUT2D eigenvalue weighted by Gasteiger charge is 2.17. The first kappa shape index (κ1) is 14.4. The van der Waals surface area contributed by atoms with E-state index >= 15 is 0 Å². The van der Waals surface area contributed by atoms with Crippen LogP contribution in [0.25, 0.3) is 0 Å². The number of carboxylic acids is 1. The van der Waals surface area contributed by atoms with Crippen LogP contribution in [-0.4, -0.2) is 35.5 Å². The molecule has 6 nitrogen and oxygen atoms in total. The number of rotatable bonds is 7. The Balaban J connectivity index is 3.72. The average molecular weight is 230 g/mol. The maximum Gasteiger partial charge on any atom is 0.326 e. The van der Waals surface area contributed by atoms with Crippen LogP contribution in [0.2, 0.25) is 0 Å². The second kappa shape index (κ2) is 7.67.